The van der Waals surface area contributed by atoms with Gasteiger partial charge in [0.05, 0.1) is 17.2 Å². The topological polar surface area (TPSA) is 85.1 Å². The summed E-state index contributed by atoms with van der Waals surface area (Å²) in [6, 6.07) is 13.3. The van der Waals surface area contributed by atoms with Gasteiger partial charge in [-0.1, -0.05) is 41.6 Å². The molecule has 0 bridgehead atoms. The van der Waals surface area contributed by atoms with Crippen molar-refractivity contribution in [1.29, 1.82) is 0 Å². The summed E-state index contributed by atoms with van der Waals surface area (Å²) in [5.41, 5.74) is 0.982. The lowest BCUT2D eigenvalue weighted by molar-refractivity contribution is 0.376. The second kappa shape index (κ2) is 7.03. The smallest absolute Gasteiger partial charge is 0.242 e. The Morgan fingerprint density at radius 1 is 1.13 bits per heavy atom. The second-order valence-electron chi connectivity index (χ2n) is 4.86. The number of hydrogen-bond acceptors (Lipinski definition) is 6. The molecule has 0 aliphatic heterocycles. The van der Waals surface area contributed by atoms with Gasteiger partial charge in [0, 0.05) is 0 Å². The van der Waals surface area contributed by atoms with Crippen molar-refractivity contribution in [3.05, 3.63) is 59.3 Å². The molecule has 0 aliphatic rings. The Morgan fingerprint density at radius 3 is 2.70 bits per heavy atom. The Hall–Kier alpha value is -2.03. The van der Waals surface area contributed by atoms with Crippen LogP contribution in [0, 0.1) is 0 Å². The summed E-state index contributed by atoms with van der Waals surface area (Å²) >= 11 is 1.50. The molecule has 3 rings (SSSR count). The normalized spacial score (nSPS) is 11.7. The first-order chi connectivity index (χ1) is 11.1. The predicted octanol–water partition coefficient (Wildman–Crippen LogP) is 2.46. The lowest BCUT2D eigenvalue weighted by Gasteiger charge is -2.04. The number of sulfonamides is 1. The third-order valence-electron chi connectivity index (χ3n) is 3.16. The lowest BCUT2D eigenvalue weighted by Crippen LogP contribution is -2.27. The maximum absolute atomic E-state index is 12.0. The van der Waals surface area contributed by atoms with E-state index in [1.165, 1.54) is 11.3 Å². The predicted molar refractivity (Wildman–Crippen MR) is 88.4 cm³/mol. The Morgan fingerprint density at radius 2 is 1.96 bits per heavy atom. The van der Waals surface area contributed by atoms with Crippen LogP contribution >= 0.6 is 11.3 Å². The summed E-state index contributed by atoms with van der Waals surface area (Å²) in [5.74, 6) is 0.735. The summed E-state index contributed by atoms with van der Waals surface area (Å²) in [4.78, 5) is 5.06. The van der Waals surface area contributed by atoms with Gasteiger partial charge in [-0.3, -0.25) is 0 Å². The van der Waals surface area contributed by atoms with Gasteiger partial charge in [0.15, 0.2) is 0 Å². The Bertz CT molecular complexity index is 843. The standard InChI is InChI=1S/C15H15N3O3S2/c19-23(20,10-8-12-5-2-1-3-6-12)16-11-14-17-15(18-21-14)13-7-4-9-22-13/h1-7,9,16H,8,10-11H2. The summed E-state index contributed by atoms with van der Waals surface area (Å²) < 4.78 is 31.6. The fraction of sp³-hybridized carbons (Fsp3) is 0.200. The van der Waals surface area contributed by atoms with Crippen molar-refractivity contribution in [2.45, 2.75) is 13.0 Å². The first-order valence-electron chi connectivity index (χ1n) is 7.00. The van der Waals surface area contributed by atoms with Crippen LogP contribution in [0.1, 0.15) is 11.5 Å². The van der Waals surface area contributed by atoms with Gasteiger partial charge < -0.3 is 4.52 Å². The molecule has 0 fully saturated rings. The van der Waals surface area contributed by atoms with Crippen molar-refractivity contribution in [3.63, 3.8) is 0 Å². The number of benzene rings is 1. The van der Waals surface area contributed by atoms with Crippen molar-refractivity contribution in [2.75, 3.05) is 5.75 Å². The first kappa shape index (κ1) is 15.9. The number of rotatable bonds is 7. The highest BCUT2D eigenvalue weighted by Gasteiger charge is 2.14. The number of thiophene rings is 1. The van der Waals surface area contributed by atoms with Crippen molar-refractivity contribution in [2.24, 2.45) is 0 Å². The molecule has 1 N–H and O–H groups in total. The second-order valence-corrected chi connectivity index (χ2v) is 7.74. The molecular formula is C15H15N3O3S2. The van der Waals surface area contributed by atoms with Crippen molar-refractivity contribution in [1.82, 2.24) is 14.9 Å². The minimum absolute atomic E-state index is 0.00447. The average Bonchev–Trinajstić information content (AvgIpc) is 3.23. The molecule has 1 aromatic carbocycles. The molecule has 0 unspecified atom stereocenters. The molecule has 0 radical (unpaired) electrons. The van der Waals surface area contributed by atoms with Crippen LogP contribution in [0.25, 0.3) is 10.7 Å². The van der Waals surface area contributed by atoms with Gasteiger partial charge >= 0.3 is 0 Å². The van der Waals surface area contributed by atoms with E-state index < -0.39 is 10.0 Å². The van der Waals surface area contributed by atoms with Gasteiger partial charge in [0.1, 0.15) is 0 Å². The number of hydrogen-bond donors (Lipinski definition) is 1. The zero-order chi connectivity index (χ0) is 16.1. The highest BCUT2D eigenvalue weighted by molar-refractivity contribution is 7.89. The van der Waals surface area contributed by atoms with E-state index in [1.54, 1.807) is 0 Å². The Labute approximate surface area is 138 Å². The third-order valence-corrected chi connectivity index (χ3v) is 5.35. The monoisotopic (exact) mass is 349 g/mol. The lowest BCUT2D eigenvalue weighted by atomic mass is 10.2. The van der Waals surface area contributed by atoms with E-state index in [0.717, 1.165) is 10.4 Å². The number of aromatic nitrogens is 2. The van der Waals surface area contributed by atoms with Crippen LogP contribution in [0.5, 0.6) is 0 Å². The quantitative estimate of drug-likeness (QED) is 0.708. The molecule has 0 saturated carbocycles. The molecule has 0 spiro atoms. The molecular weight excluding hydrogens is 334 g/mol. The molecule has 3 aromatic rings. The summed E-state index contributed by atoms with van der Waals surface area (Å²) in [5, 5.41) is 5.76. The van der Waals surface area contributed by atoms with E-state index in [1.807, 2.05) is 47.8 Å². The molecule has 2 heterocycles. The molecule has 0 saturated heterocycles. The van der Waals surface area contributed by atoms with Crippen LogP contribution in [-0.2, 0) is 23.0 Å². The van der Waals surface area contributed by atoms with Crippen LogP contribution in [0.4, 0.5) is 0 Å². The molecule has 120 valence electrons. The molecule has 2 aromatic heterocycles. The van der Waals surface area contributed by atoms with E-state index in [0.29, 0.717) is 12.2 Å². The number of nitrogens with zero attached hydrogens (tertiary/aromatic N) is 2. The van der Waals surface area contributed by atoms with Gasteiger partial charge in [0.25, 0.3) is 0 Å². The molecule has 8 heteroatoms. The van der Waals surface area contributed by atoms with Crippen molar-refractivity contribution < 1.29 is 12.9 Å². The van der Waals surface area contributed by atoms with Gasteiger partial charge in [-0.05, 0) is 23.4 Å². The van der Waals surface area contributed by atoms with Crippen LogP contribution in [-0.4, -0.2) is 24.3 Å². The first-order valence-corrected chi connectivity index (χ1v) is 9.53. The fourth-order valence-electron chi connectivity index (χ4n) is 1.97. The maximum atomic E-state index is 12.0. The highest BCUT2D eigenvalue weighted by Crippen LogP contribution is 2.21. The highest BCUT2D eigenvalue weighted by atomic mass is 32.2. The van der Waals surface area contributed by atoms with E-state index in [-0.39, 0.29) is 18.2 Å². The van der Waals surface area contributed by atoms with Crippen molar-refractivity contribution in [3.8, 4) is 10.7 Å². The molecule has 0 atom stereocenters. The molecule has 0 amide bonds. The minimum Gasteiger partial charge on any atom is -0.337 e. The largest absolute Gasteiger partial charge is 0.337 e. The van der Waals surface area contributed by atoms with Gasteiger partial charge in [0.2, 0.25) is 21.7 Å². The molecule has 23 heavy (non-hydrogen) atoms. The minimum atomic E-state index is -3.40. The zero-order valence-corrected chi connectivity index (χ0v) is 13.8. The fourth-order valence-corrected chi connectivity index (χ4v) is 3.61. The van der Waals surface area contributed by atoms with Crippen molar-refractivity contribution >= 4 is 21.4 Å². The Balaban J connectivity index is 1.55. The van der Waals surface area contributed by atoms with E-state index >= 15 is 0 Å². The summed E-state index contributed by atoms with van der Waals surface area (Å²) in [7, 11) is -3.40. The van der Waals surface area contributed by atoms with Gasteiger partial charge in [-0.15, -0.1) is 11.3 Å². The maximum Gasteiger partial charge on any atom is 0.242 e. The SMILES string of the molecule is O=S(=O)(CCc1ccccc1)NCc1nc(-c2cccs2)no1. The Kier molecular flexibility index (Phi) is 4.85. The van der Waals surface area contributed by atoms with Crippen LogP contribution < -0.4 is 4.72 Å². The molecule has 6 nitrogen and oxygen atoms in total. The average molecular weight is 349 g/mol. The summed E-state index contributed by atoms with van der Waals surface area (Å²) in [6.07, 6.45) is 0.459. The van der Waals surface area contributed by atoms with Crippen LogP contribution in [0.3, 0.4) is 0 Å². The molecule has 0 aliphatic carbocycles. The number of aryl methyl sites for hydroxylation is 1. The van der Waals surface area contributed by atoms with Gasteiger partial charge in [-0.2, -0.15) is 4.98 Å². The van der Waals surface area contributed by atoms with Gasteiger partial charge in [-0.25, -0.2) is 13.1 Å². The van der Waals surface area contributed by atoms with E-state index in [4.69, 9.17) is 4.52 Å². The third kappa shape index (κ3) is 4.47. The summed E-state index contributed by atoms with van der Waals surface area (Å²) in [6.45, 7) is -0.00447. The van der Waals surface area contributed by atoms with Crippen LogP contribution in [0.15, 0.2) is 52.4 Å². The number of nitrogens with one attached hydrogen (secondary N) is 1. The zero-order valence-electron chi connectivity index (χ0n) is 12.2. The van der Waals surface area contributed by atoms with E-state index in [9.17, 15) is 8.42 Å². The van der Waals surface area contributed by atoms with E-state index in [2.05, 4.69) is 14.9 Å². The van der Waals surface area contributed by atoms with Crippen LogP contribution in [0.2, 0.25) is 0 Å².